The molecule has 0 bridgehead atoms. The van der Waals surface area contributed by atoms with Crippen LogP contribution in [0.5, 0.6) is 0 Å². The van der Waals surface area contributed by atoms with Crippen molar-refractivity contribution < 1.29 is 22.8 Å². The molecular formula is C19H20F3N3O2. The molecule has 2 aromatic carbocycles. The highest BCUT2D eigenvalue weighted by Gasteiger charge is 2.33. The van der Waals surface area contributed by atoms with Gasteiger partial charge < -0.3 is 10.6 Å². The fourth-order valence-corrected chi connectivity index (χ4v) is 2.41. The molecule has 2 rings (SSSR count). The van der Waals surface area contributed by atoms with Gasteiger partial charge in [-0.25, -0.2) is 0 Å². The van der Waals surface area contributed by atoms with Crippen molar-refractivity contribution in [1.82, 2.24) is 4.90 Å². The molecule has 27 heavy (non-hydrogen) atoms. The molecule has 0 aliphatic rings. The highest BCUT2D eigenvalue weighted by molar-refractivity contribution is 5.95. The molecule has 8 heteroatoms. The molecular weight excluding hydrogens is 359 g/mol. The van der Waals surface area contributed by atoms with Gasteiger partial charge in [-0.1, -0.05) is 29.8 Å². The lowest BCUT2D eigenvalue weighted by Gasteiger charge is -2.17. The summed E-state index contributed by atoms with van der Waals surface area (Å²) in [6.45, 7) is 1.62. The number of benzene rings is 2. The lowest BCUT2D eigenvalue weighted by Crippen LogP contribution is -2.36. The number of amides is 2. The number of alkyl halides is 3. The number of halogens is 3. The number of aryl methyl sites for hydroxylation is 1. The molecule has 0 heterocycles. The Labute approximate surface area is 155 Å². The maximum Gasteiger partial charge on any atom is 0.418 e. The third-order valence-electron chi connectivity index (χ3n) is 3.67. The second kappa shape index (κ2) is 8.68. The molecule has 5 nitrogen and oxygen atoms in total. The van der Waals surface area contributed by atoms with Crippen LogP contribution in [0.2, 0.25) is 0 Å². The van der Waals surface area contributed by atoms with E-state index in [0.29, 0.717) is 5.69 Å². The average molecular weight is 379 g/mol. The summed E-state index contributed by atoms with van der Waals surface area (Å²) in [5.41, 5.74) is 0.453. The molecule has 0 aromatic heterocycles. The van der Waals surface area contributed by atoms with Crippen LogP contribution < -0.4 is 10.6 Å². The number of nitrogens with one attached hydrogen (secondary N) is 2. The number of hydrogen-bond donors (Lipinski definition) is 2. The minimum Gasteiger partial charge on any atom is -0.325 e. The van der Waals surface area contributed by atoms with Crippen LogP contribution in [0.4, 0.5) is 24.5 Å². The van der Waals surface area contributed by atoms with Crippen molar-refractivity contribution in [3.05, 3.63) is 59.7 Å². The Kier molecular flexibility index (Phi) is 6.57. The summed E-state index contributed by atoms with van der Waals surface area (Å²) in [6, 6.07) is 12.0. The second-order valence-electron chi connectivity index (χ2n) is 6.18. The molecule has 0 aliphatic carbocycles. The van der Waals surface area contributed by atoms with E-state index in [1.807, 2.05) is 19.1 Å². The van der Waals surface area contributed by atoms with E-state index in [9.17, 15) is 22.8 Å². The van der Waals surface area contributed by atoms with E-state index < -0.39 is 17.6 Å². The lowest BCUT2D eigenvalue weighted by atomic mass is 10.1. The standard InChI is InChI=1S/C19H20F3N3O2/c1-13-7-9-14(10-8-13)23-17(26)11-25(2)12-18(27)24-16-6-4-3-5-15(16)19(20,21)22/h3-10H,11-12H2,1-2H3,(H,23,26)(H,24,27). The predicted octanol–water partition coefficient (Wildman–Crippen LogP) is 3.52. The third kappa shape index (κ3) is 6.41. The molecule has 2 aromatic rings. The Morgan fingerprint density at radius 1 is 0.926 bits per heavy atom. The number of hydrogen-bond acceptors (Lipinski definition) is 3. The molecule has 0 atom stereocenters. The number of likely N-dealkylation sites (N-methyl/N-ethyl adjacent to an activating group) is 1. The Hall–Kier alpha value is -2.87. The van der Waals surface area contributed by atoms with Crippen molar-refractivity contribution in [3.8, 4) is 0 Å². The normalized spacial score (nSPS) is 11.3. The molecule has 2 N–H and O–H groups in total. The number of carbonyl (C=O) groups excluding carboxylic acids is 2. The topological polar surface area (TPSA) is 61.4 Å². The van der Waals surface area contributed by atoms with Crippen LogP contribution in [-0.4, -0.2) is 36.9 Å². The van der Waals surface area contributed by atoms with E-state index in [2.05, 4.69) is 10.6 Å². The molecule has 0 saturated carbocycles. The van der Waals surface area contributed by atoms with Gasteiger partial charge in [-0.05, 0) is 38.2 Å². The molecule has 0 saturated heterocycles. The van der Waals surface area contributed by atoms with Crippen LogP contribution in [0, 0.1) is 6.92 Å². The lowest BCUT2D eigenvalue weighted by molar-refractivity contribution is -0.137. The zero-order valence-corrected chi connectivity index (χ0v) is 14.9. The van der Waals surface area contributed by atoms with Crippen molar-refractivity contribution in [1.29, 1.82) is 0 Å². The molecule has 2 amide bonds. The largest absolute Gasteiger partial charge is 0.418 e. The summed E-state index contributed by atoms with van der Waals surface area (Å²) in [5, 5.41) is 4.94. The van der Waals surface area contributed by atoms with Crippen molar-refractivity contribution in [2.45, 2.75) is 13.1 Å². The van der Waals surface area contributed by atoms with Crippen LogP contribution in [0.1, 0.15) is 11.1 Å². The first-order valence-electron chi connectivity index (χ1n) is 8.16. The number of rotatable bonds is 6. The van der Waals surface area contributed by atoms with Gasteiger partial charge in [-0.2, -0.15) is 13.2 Å². The molecule has 0 fully saturated rings. The summed E-state index contributed by atoms with van der Waals surface area (Å²) in [6.07, 6.45) is -4.57. The van der Waals surface area contributed by atoms with E-state index in [-0.39, 0.29) is 24.7 Å². The smallest absolute Gasteiger partial charge is 0.325 e. The van der Waals surface area contributed by atoms with Gasteiger partial charge in [0.05, 0.1) is 24.3 Å². The maximum atomic E-state index is 13.0. The SMILES string of the molecule is Cc1ccc(NC(=O)CN(C)CC(=O)Nc2ccccc2C(F)(F)F)cc1. The van der Waals surface area contributed by atoms with Crippen molar-refractivity contribution in [2.24, 2.45) is 0 Å². The zero-order chi connectivity index (χ0) is 20.0. The highest BCUT2D eigenvalue weighted by atomic mass is 19.4. The highest BCUT2D eigenvalue weighted by Crippen LogP contribution is 2.34. The van der Waals surface area contributed by atoms with Gasteiger partial charge in [0.2, 0.25) is 11.8 Å². The fourth-order valence-electron chi connectivity index (χ4n) is 2.41. The Balaban J connectivity index is 1.89. The van der Waals surface area contributed by atoms with Gasteiger partial charge in [0.15, 0.2) is 0 Å². The Morgan fingerprint density at radius 2 is 1.48 bits per heavy atom. The van der Waals surface area contributed by atoms with Crippen molar-refractivity contribution >= 4 is 23.2 Å². The molecule has 0 spiro atoms. The van der Waals surface area contributed by atoms with Gasteiger partial charge in [0.25, 0.3) is 0 Å². The van der Waals surface area contributed by atoms with E-state index in [4.69, 9.17) is 0 Å². The van der Waals surface area contributed by atoms with E-state index in [0.717, 1.165) is 11.6 Å². The van der Waals surface area contributed by atoms with Gasteiger partial charge in [0, 0.05) is 5.69 Å². The minimum absolute atomic E-state index is 0.0811. The first kappa shape index (κ1) is 20.4. The third-order valence-corrected chi connectivity index (χ3v) is 3.67. The summed E-state index contributed by atoms with van der Waals surface area (Å²) in [5.74, 6) is -0.970. The molecule has 0 unspecified atom stereocenters. The van der Waals surface area contributed by atoms with E-state index >= 15 is 0 Å². The second-order valence-corrected chi connectivity index (χ2v) is 6.18. The van der Waals surface area contributed by atoms with E-state index in [1.165, 1.54) is 30.1 Å². The summed E-state index contributed by atoms with van der Waals surface area (Å²) < 4.78 is 38.9. The monoisotopic (exact) mass is 379 g/mol. The minimum atomic E-state index is -4.57. The summed E-state index contributed by atoms with van der Waals surface area (Å²) >= 11 is 0. The zero-order valence-electron chi connectivity index (χ0n) is 14.9. The number of carbonyl (C=O) groups is 2. The quantitative estimate of drug-likeness (QED) is 0.807. The average Bonchev–Trinajstić information content (AvgIpc) is 2.56. The van der Waals surface area contributed by atoms with Gasteiger partial charge >= 0.3 is 6.18 Å². The van der Waals surface area contributed by atoms with Crippen molar-refractivity contribution in [2.75, 3.05) is 30.8 Å². The summed E-state index contributed by atoms with van der Waals surface area (Å²) in [4.78, 5) is 25.4. The first-order valence-corrected chi connectivity index (χ1v) is 8.16. The maximum absolute atomic E-state index is 13.0. The van der Waals surface area contributed by atoms with Crippen molar-refractivity contribution in [3.63, 3.8) is 0 Å². The van der Waals surface area contributed by atoms with Gasteiger partial charge in [-0.3, -0.25) is 14.5 Å². The van der Waals surface area contributed by atoms with Crippen LogP contribution in [0.15, 0.2) is 48.5 Å². The Bertz CT molecular complexity index is 805. The van der Waals surface area contributed by atoms with Crippen LogP contribution in [-0.2, 0) is 15.8 Å². The van der Waals surface area contributed by atoms with Crippen LogP contribution >= 0.6 is 0 Å². The number of nitrogens with zero attached hydrogens (tertiary/aromatic N) is 1. The van der Waals surface area contributed by atoms with Crippen LogP contribution in [0.3, 0.4) is 0 Å². The summed E-state index contributed by atoms with van der Waals surface area (Å²) in [7, 11) is 1.53. The first-order chi connectivity index (χ1) is 12.6. The van der Waals surface area contributed by atoms with E-state index in [1.54, 1.807) is 12.1 Å². The van der Waals surface area contributed by atoms with Gasteiger partial charge in [0.1, 0.15) is 0 Å². The number of para-hydroxylation sites is 1. The molecule has 144 valence electrons. The Morgan fingerprint density at radius 3 is 2.07 bits per heavy atom. The predicted molar refractivity (Wildman–Crippen MR) is 97.4 cm³/mol. The fraction of sp³-hybridized carbons (Fsp3) is 0.263. The van der Waals surface area contributed by atoms with Crippen LogP contribution in [0.25, 0.3) is 0 Å². The van der Waals surface area contributed by atoms with Gasteiger partial charge in [-0.15, -0.1) is 0 Å². The molecule has 0 aliphatic heterocycles. The molecule has 0 radical (unpaired) electrons. The number of anilines is 2.